The van der Waals surface area contributed by atoms with Crippen LogP contribution in [-0.2, 0) is 25.2 Å². The molecule has 12 heteroatoms. The molecule has 272 valence electrons. The van der Waals surface area contributed by atoms with E-state index >= 15 is 0 Å². The van der Waals surface area contributed by atoms with E-state index in [9.17, 15) is 27.6 Å². The lowest BCUT2D eigenvalue weighted by Gasteiger charge is -2.41. The van der Waals surface area contributed by atoms with Crippen molar-refractivity contribution in [1.82, 2.24) is 4.90 Å². The molecule has 51 heavy (non-hydrogen) atoms. The van der Waals surface area contributed by atoms with Gasteiger partial charge in [-0.15, -0.1) is 0 Å². The van der Waals surface area contributed by atoms with Crippen LogP contribution in [0.15, 0.2) is 66.7 Å². The van der Waals surface area contributed by atoms with Gasteiger partial charge in [-0.2, -0.15) is 13.2 Å². The Labute approximate surface area is 296 Å². The fourth-order valence-electron chi connectivity index (χ4n) is 6.88. The fourth-order valence-corrected chi connectivity index (χ4v) is 6.88. The molecule has 1 aliphatic carbocycles. The van der Waals surface area contributed by atoms with E-state index in [2.05, 4.69) is 0 Å². The van der Waals surface area contributed by atoms with Crippen molar-refractivity contribution in [2.75, 3.05) is 49.8 Å². The predicted molar refractivity (Wildman–Crippen MR) is 187 cm³/mol. The van der Waals surface area contributed by atoms with Crippen molar-refractivity contribution in [3.8, 4) is 16.9 Å². The molecule has 0 aromatic heterocycles. The summed E-state index contributed by atoms with van der Waals surface area (Å²) in [6.07, 6.45) is -2.20. The van der Waals surface area contributed by atoms with Crippen molar-refractivity contribution in [3.05, 3.63) is 77.9 Å². The lowest BCUT2D eigenvalue weighted by atomic mass is 9.78. The Morgan fingerprint density at radius 3 is 2.37 bits per heavy atom. The van der Waals surface area contributed by atoms with Crippen LogP contribution in [0.2, 0.25) is 0 Å². The van der Waals surface area contributed by atoms with E-state index in [-0.39, 0.29) is 36.9 Å². The quantitative estimate of drug-likeness (QED) is 0.212. The molecule has 0 N–H and O–H groups in total. The highest BCUT2D eigenvalue weighted by atomic mass is 19.4. The summed E-state index contributed by atoms with van der Waals surface area (Å²) in [6.45, 7) is 6.74. The van der Waals surface area contributed by atoms with E-state index in [0.29, 0.717) is 55.2 Å². The van der Waals surface area contributed by atoms with Gasteiger partial charge in [0.05, 0.1) is 17.2 Å². The highest BCUT2D eigenvalue weighted by molar-refractivity contribution is 6.01. The summed E-state index contributed by atoms with van der Waals surface area (Å²) in [4.78, 5) is 46.3. The van der Waals surface area contributed by atoms with Crippen LogP contribution in [0.4, 0.5) is 29.3 Å². The third kappa shape index (κ3) is 8.32. The monoisotopic (exact) mass is 707 g/mol. The minimum absolute atomic E-state index is 0.0475. The van der Waals surface area contributed by atoms with Crippen molar-refractivity contribution in [3.63, 3.8) is 0 Å². The minimum Gasteiger partial charge on any atom is -0.482 e. The second-order valence-electron chi connectivity index (χ2n) is 14.4. The van der Waals surface area contributed by atoms with E-state index < -0.39 is 29.4 Å². The molecule has 3 aromatic carbocycles. The highest BCUT2D eigenvalue weighted by Gasteiger charge is 2.44. The summed E-state index contributed by atoms with van der Waals surface area (Å²) in [5, 5.41) is 0. The molecule has 0 unspecified atom stereocenters. The van der Waals surface area contributed by atoms with Gasteiger partial charge in [-0.05, 0) is 99.4 Å². The number of piperidine rings is 1. The van der Waals surface area contributed by atoms with Crippen molar-refractivity contribution in [2.45, 2.75) is 70.2 Å². The number of hydrogen-bond donors (Lipinski definition) is 0. The number of hydrogen-bond acceptors (Lipinski definition) is 6. The number of carbonyl (C=O) groups excluding carboxylic acids is 3. The average Bonchev–Trinajstić information content (AvgIpc) is 3.93. The number of nitrogens with zero attached hydrogens (tertiary/aromatic N) is 3. The number of carbonyl (C=O) groups is 3. The summed E-state index contributed by atoms with van der Waals surface area (Å²) >= 11 is 0. The van der Waals surface area contributed by atoms with Crippen LogP contribution in [0.3, 0.4) is 0 Å². The van der Waals surface area contributed by atoms with Crippen LogP contribution in [0.1, 0.15) is 63.5 Å². The Morgan fingerprint density at radius 2 is 1.71 bits per heavy atom. The zero-order valence-corrected chi connectivity index (χ0v) is 29.4. The number of likely N-dealkylation sites (tertiary alicyclic amines) is 1. The summed E-state index contributed by atoms with van der Waals surface area (Å²) in [5.41, 5.74) is 2.01. The Morgan fingerprint density at radius 1 is 0.961 bits per heavy atom. The van der Waals surface area contributed by atoms with Gasteiger partial charge in [0.15, 0.2) is 6.61 Å². The average molecular weight is 708 g/mol. The molecular weight excluding hydrogens is 663 g/mol. The predicted octanol–water partition coefficient (Wildman–Crippen LogP) is 7.67. The molecule has 2 heterocycles. The van der Waals surface area contributed by atoms with E-state index in [1.807, 2.05) is 41.3 Å². The normalized spacial score (nSPS) is 19.3. The molecule has 1 saturated heterocycles. The van der Waals surface area contributed by atoms with Gasteiger partial charge in [-0.1, -0.05) is 36.4 Å². The first-order valence-corrected chi connectivity index (χ1v) is 17.4. The van der Waals surface area contributed by atoms with Gasteiger partial charge in [-0.25, -0.2) is 4.79 Å². The van der Waals surface area contributed by atoms with Crippen LogP contribution in [0, 0.1) is 5.92 Å². The molecular formula is C39H44F3N3O6. The Bertz CT molecular complexity index is 1750. The van der Waals surface area contributed by atoms with Gasteiger partial charge < -0.3 is 28.9 Å². The maximum Gasteiger partial charge on any atom is 0.416 e. The Kier molecular flexibility index (Phi) is 10.3. The van der Waals surface area contributed by atoms with E-state index in [0.717, 1.165) is 36.1 Å². The number of ether oxygens (including phenoxy) is 3. The molecule has 6 rings (SSSR count). The zero-order valence-electron chi connectivity index (χ0n) is 29.4. The van der Waals surface area contributed by atoms with Gasteiger partial charge in [0, 0.05) is 45.1 Å². The SMILES string of the molecule is COCCCN1C(=O)COc2ccc(N(C(=O)[C@H]3CN(C(=O)OC(C)(C)C)CC[C@@H]3c3cccc(-c4ccc(C(F)(F)F)cc4)c3)C3CC3)cc21. The largest absolute Gasteiger partial charge is 0.482 e. The second kappa shape index (κ2) is 14.6. The third-order valence-electron chi connectivity index (χ3n) is 9.49. The fraction of sp³-hybridized carbons (Fsp3) is 0.462. The van der Waals surface area contributed by atoms with Gasteiger partial charge >= 0.3 is 12.3 Å². The molecule has 0 radical (unpaired) electrons. The molecule has 3 aliphatic rings. The molecule has 2 aliphatic heterocycles. The topological polar surface area (TPSA) is 88.6 Å². The molecule has 9 nitrogen and oxygen atoms in total. The zero-order chi connectivity index (χ0) is 36.5. The first-order valence-electron chi connectivity index (χ1n) is 17.4. The number of rotatable bonds is 9. The maximum atomic E-state index is 14.9. The van der Waals surface area contributed by atoms with E-state index in [1.165, 1.54) is 12.1 Å². The minimum atomic E-state index is -4.44. The molecule has 3 amide bonds. The van der Waals surface area contributed by atoms with Gasteiger partial charge in [0.25, 0.3) is 5.91 Å². The van der Waals surface area contributed by atoms with Crippen molar-refractivity contribution >= 4 is 29.3 Å². The smallest absolute Gasteiger partial charge is 0.416 e. The number of fused-ring (bicyclic) bond motifs is 1. The summed E-state index contributed by atoms with van der Waals surface area (Å²) in [7, 11) is 1.61. The molecule has 0 bridgehead atoms. The maximum absolute atomic E-state index is 14.9. The lowest BCUT2D eigenvalue weighted by Crippen LogP contribution is -2.51. The first-order chi connectivity index (χ1) is 24.2. The number of amides is 3. The molecule has 1 saturated carbocycles. The Hall–Kier alpha value is -4.58. The van der Waals surface area contributed by atoms with Crippen LogP contribution >= 0.6 is 0 Å². The number of methoxy groups -OCH3 is 1. The van der Waals surface area contributed by atoms with Crippen molar-refractivity contribution in [2.24, 2.45) is 5.92 Å². The summed E-state index contributed by atoms with van der Waals surface area (Å²) in [6, 6.07) is 18.0. The van der Waals surface area contributed by atoms with Crippen LogP contribution in [0.25, 0.3) is 11.1 Å². The number of alkyl halides is 3. The second-order valence-corrected chi connectivity index (χ2v) is 14.4. The standard InChI is InChI=1S/C39H44F3N3O6/c1-38(2,3)51-37(48)43-19-17-31(27-8-5-7-26(21-27)25-9-11-28(12-10-25)39(40,41)42)32(23-43)36(47)45(29-13-14-29)30-15-16-34-33(22-30)44(18-6-20-49-4)35(46)24-50-34/h5,7-12,15-16,21-22,29,31-32H,6,13-14,17-20,23-24H2,1-4H3/t31-,32+/m1/s1. The summed E-state index contributed by atoms with van der Waals surface area (Å²) in [5.74, 6) is -0.704. The van der Waals surface area contributed by atoms with E-state index in [4.69, 9.17) is 14.2 Å². The third-order valence-corrected chi connectivity index (χ3v) is 9.49. The highest BCUT2D eigenvalue weighted by Crippen LogP contribution is 2.43. The lowest BCUT2D eigenvalue weighted by molar-refractivity contribution is -0.137. The number of benzene rings is 3. The molecule has 2 fully saturated rings. The van der Waals surface area contributed by atoms with E-state index in [1.54, 1.807) is 43.7 Å². The molecule has 3 aromatic rings. The van der Waals surface area contributed by atoms with Crippen LogP contribution in [0.5, 0.6) is 5.75 Å². The van der Waals surface area contributed by atoms with Gasteiger partial charge in [0.2, 0.25) is 5.91 Å². The van der Waals surface area contributed by atoms with Crippen LogP contribution in [-0.4, -0.2) is 74.4 Å². The molecule has 0 spiro atoms. The molecule has 2 atom stereocenters. The number of halogens is 3. The van der Waals surface area contributed by atoms with Crippen molar-refractivity contribution in [1.29, 1.82) is 0 Å². The summed E-state index contributed by atoms with van der Waals surface area (Å²) < 4.78 is 56.4. The number of anilines is 2. The first kappa shape index (κ1) is 36.2. The van der Waals surface area contributed by atoms with Gasteiger partial charge in [-0.3, -0.25) is 9.59 Å². The van der Waals surface area contributed by atoms with Crippen molar-refractivity contribution < 1.29 is 41.8 Å². The van der Waals surface area contributed by atoms with Gasteiger partial charge in [0.1, 0.15) is 11.4 Å². The Balaban J connectivity index is 1.34. The van der Waals surface area contributed by atoms with Crippen LogP contribution < -0.4 is 14.5 Å².